The van der Waals surface area contributed by atoms with Gasteiger partial charge in [-0.05, 0) is 110 Å². The quantitative estimate of drug-likeness (QED) is 0.224. The van der Waals surface area contributed by atoms with Crippen LogP contribution in [0.1, 0.15) is 112 Å². The monoisotopic (exact) mass is 463 g/mol. The molecule has 0 heterocycles. The normalized spacial score (nSPS) is 43.5. The molecule has 0 N–H and O–H groups in total. The number of nitrogens with zero attached hydrogens (tertiary/aromatic N) is 1. The first-order valence-corrected chi connectivity index (χ1v) is 13.9. The Balaban J connectivity index is 1.43. The van der Waals surface area contributed by atoms with Gasteiger partial charge in [-0.15, -0.1) is 0 Å². The van der Waals surface area contributed by atoms with Crippen molar-refractivity contribution in [1.82, 2.24) is 0 Å². The second-order valence-corrected chi connectivity index (χ2v) is 13.2. The van der Waals surface area contributed by atoms with Crippen molar-refractivity contribution >= 4 is 22.7 Å². The van der Waals surface area contributed by atoms with E-state index in [-0.39, 0.29) is 0 Å². The van der Waals surface area contributed by atoms with E-state index in [1.807, 2.05) is 0 Å². The van der Waals surface area contributed by atoms with Gasteiger partial charge in [0.15, 0.2) is 0 Å². The molecule has 4 aliphatic rings. The summed E-state index contributed by atoms with van der Waals surface area (Å²) in [6.45, 7) is 12.6. The van der Waals surface area contributed by atoms with Gasteiger partial charge in [0.25, 0.3) is 0 Å². The molecule has 4 saturated carbocycles. The molecule has 0 aromatic carbocycles. The summed E-state index contributed by atoms with van der Waals surface area (Å²) in [6, 6.07) is 0. The standard InChI is InChI=1S/C28H46ClNO2/c1-18(2)7-6-8-19(3)23-11-12-24-22-10-9-20-17-21(30-32-26(29)31)13-15-27(20,4)25(22)14-16-28(23,24)5/h18-20,22-25H,6-17H2,1-5H3/b30-21+/t19-,20+,22+,23-,24+,25+,27+,28-/m1/s1. The first-order valence-electron chi connectivity index (χ1n) is 13.6. The lowest BCUT2D eigenvalue weighted by Crippen LogP contribution is -2.53. The Hall–Kier alpha value is -0.570. The van der Waals surface area contributed by atoms with Crippen molar-refractivity contribution in [2.45, 2.75) is 112 Å². The van der Waals surface area contributed by atoms with Gasteiger partial charge in [0.2, 0.25) is 0 Å². The van der Waals surface area contributed by atoms with Crippen LogP contribution in [-0.4, -0.2) is 11.1 Å². The zero-order valence-corrected chi connectivity index (χ0v) is 21.9. The highest BCUT2D eigenvalue weighted by atomic mass is 35.5. The molecule has 4 rings (SSSR count). The van der Waals surface area contributed by atoms with Crippen LogP contribution in [0.5, 0.6) is 0 Å². The van der Waals surface area contributed by atoms with Crippen LogP contribution in [-0.2, 0) is 4.84 Å². The van der Waals surface area contributed by atoms with E-state index in [4.69, 9.17) is 16.4 Å². The third-order valence-electron chi connectivity index (χ3n) is 10.9. The number of hydrogen-bond acceptors (Lipinski definition) is 3. The number of carbonyl (C=O) groups is 1. The van der Waals surface area contributed by atoms with Crippen LogP contribution >= 0.6 is 11.6 Å². The number of hydrogen-bond donors (Lipinski definition) is 0. The van der Waals surface area contributed by atoms with Crippen LogP contribution < -0.4 is 0 Å². The molecule has 0 unspecified atom stereocenters. The fraction of sp³-hybridized carbons (Fsp3) is 0.929. The van der Waals surface area contributed by atoms with Crippen molar-refractivity contribution in [2.75, 3.05) is 0 Å². The van der Waals surface area contributed by atoms with Crippen LogP contribution in [0, 0.1) is 52.3 Å². The summed E-state index contributed by atoms with van der Waals surface area (Å²) in [5.74, 6) is 6.05. The van der Waals surface area contributed by atoms with Crippen molar-refractivity contribution in [3.8, 4) is 0 Å². The Morgan fingerprint density at radius 3 is 2.50 bits per heavy atom. The molecule has 4 heteroatoms. The van der Waals surface area contributed by atoms with Gasteiger partial charge in [-0.3, -0.25) is 0 Å². The number of rotatable bonds is 6. The molecule has 0 aromatic heterocycles. The van der Waals surface area contributed by atoms with Crippen molar-refractivity contribution < 1.29 is 9.63 Å². The SMILES string of the molecule is CC(C)CCC[C@@H](C)[C@H]1CC[C@H]2[C@@H]3CC[C@H]4C/C(=N/OC(=O)Cl)CC[C@]4(C)[C@H]3CC[C@]12C. The van der Waals surface area contributed by atoms with Gasteiger partial charge in [-0.25, -0.2) is 4.79 Å². The minimum Gasteiger partial charge on any atom is -0.302 e. The molecule has 0 aromatic rings. The number of oxime groups is 1. The lowest BCUT2D eigenvalue weighted by molar-refractivity contribution is -0.105. The van der Waals surface area contributed by atoms with Crippen LogP contribution in [0.25, 0.3) is 0 Å². The maximum absolute atomic E-state index is 11.0. The molecule has 4 fully saturated rings. The van der Waals surface area contributed by atoms with E-state index in [0.717, 1.165) is 54.1 Å². The molecular weight excluding hydrogens is 418 g/mol. The lowest BCUT2D eigenvalue weighted by atomic mass is 9.44. The average Bonchev–Trinajstić information content (AvgIpc) is 3.09. The highest BCUT2D eigenvalue weighted by Gasteiger charge is 2.60. The van der Waals surface area contributed by atoms with E-state index < -0.39 is 5.43 Å². The summed E-state index contributed by atoms with van der Waals surface area (Å²) in [5.41, 5.74) is 1.21. The molecule has 4 aliphatic carbocycles. The van der Waals surface area contributed by atoms with E-state index in [9.17, 15) is 4.79 Å². The van der Waals surface area contributed by atoms with Crippen LogP contribution in [0.3, 0.4) is 0 Å². The Kier molecular flexibility index (Phi) is 7.36. The second kappa shape index (κ2) is 9.59. The Morgan fingerprint density at radius 1 is 1.03 bits per heavy atom. The molecule has 32 heavy (non-hydrogen) atoms. The van der Waals surface area contributed by atoms with Gasteiger partial charge < -0.3 is 4.84 Å². The predicted molar refractivity (Wildman–Crippen MR) is 133 cm³/mol. The summed E-state index contributed by atoms with van der Waals surface area (Å²) < 4.78 is 0. The molecule has 0 amide bonds. The van der Waals surface area contributed by atoms with E-state index in [1.165, 1.54) is 64.2 Å². The number of carbonyl (C=O) groups excluding carboxylic acids is 1. The molecule has 0 radical (unpaired) electrons. The Bertz CT molecular complexity index is 720. The second-order valence-electron chi connectivity index (χ2n) is 12.9. The number of fused-ring (bicyclic) bond motifs is 5. The fourth-order valence-corrected chi connectivity index (χ4v) is 9.30. The number of halogens is 1. The summed E-state index contributed by atoms with van der Waals surface area (Å²) in [5, 5.41) is 4.07. The molecular formula is C28H46ClNO2. The molecule has 0 spiro atoms. The first kappa shape index (κ1) is 24.6. The van der Waals surface area contributed by atoms with Crippen molar-refractivity contribution in [3.05, 3.63) is 0 Å². The van der Waals surface area contributed by atoms with Crippen LogP contribution in [0.15, 0.2) is 5.16 Å². The topological polar surface area (TPSA) is 38.7 Å². The molecule has 0 bridgehead atoms. The molecule has 0 aliphatic heterocycles. The maximum atomic E-state index is 11.0. The third-order valence-corrected chi connectivity index (χ3v) is 11.0. The zero-order valence-electron chi connectivity index (χ0n) is 21.2. The van der Waals surface area contributed by atoms with Crippen LogP contribution in [0.4, 0.5) is 4.79 Å². The fourth-order valence-electron chi connectivity index (χ4n) is 9.27. The molecule has 0 saturated heterocycles. The predicted octanol–water partition coefficient (Wildman–Crippen LogP) is 8.84. The minimum absolute atomic E-state index is 0.426. The Morgan fingerprint density at radius 2 is 1.78 bits per heavy atom. The van der Waals surface area contributed by atoms with Crippen molar-refractivity contribution in [2.24, 2.45) is 57.4 Å². The minimum atomic E-state index is -0.824. The summed E-state index contributed by atoms with van der Waals surface area (Å²) in [4.78, 5) is 15.7. The highest BCUT2D eigenvalue weighted by molar-refractivity contribution is 6.61. The summed E-state index contributed by atoms with van der Waals surface area (Å²) in [7, 11) is 0. The van der Waals surface area contributed by atoms with Gasteiger partial charge in [-0.2, -0.15) is 0 Å². The van der Waals surface area contributed by atoms with Crippen LogP contribution in [0.2, 0.25) is 0 Å². The average molecular weight is 464 g/mol. The maximum Gasteiger partial charge on any atom is 0.429 e. The largest absolute Gasteiger partial charge is 0.429 e. The molecule has 182 valence electrons. The smallest absolute Gasteiger partial charge is 0.302 e. The summed E-state index contributed by atoms with van der Waals surface area (Å²) in [6.07, 6.45) is 15.8. The van der Waals surface area contributed by atoms with Gasteiger partial charge >= 0.3 is 5.43 Å². The van der Waals surface area contributed by atoms with Crippen molar-refractivity contribution in [3.63, 3.8) is 0 Å². The first-order chi connectivity index (χ1) is 15.1. The molecule has 8 atom stereocenters. The summed E-state index contributed by atoms with van der Waals surface area (Å²) >= 11 is 5.32. The van der Waals surface area contributed by atoms with E-state index in [2.05, 4.69) is 39.8 Å². The van der Waals surface area contributed by atoms with Gasteiger partial charge in [0.1, 0.15) is 0 Å². The van der Waals surface area contributed by atoms with Gasteiger partial charge in [0.05, 0.1) is 5.71 Å². The highest BCUT2D eigenvalue weighted by Crippen LogP contribution is 2.68. The third kappa shape index (κ3) is 4.53. The van der Waals surface area contributed by atoms with Crippen molar-refractivity contribution in [1.29, 1.82) is 0 Å². The van der Waals surface area contributed by atoms with E-state index in [0.29, 0.717) is 16.7 Å². The van der Waals surface area contributed by atoms with E-state index >= 15 is 0 Å². The zero-order chi connectivity index (χ0) is 23.1. The Labute approximate surface area is 201 Å². The van der Waals surface area contributed by atoms with Gasteiger partial charge in [-0.1, -0.05) is 59.0 Å². The van der Waals surface area contributed by atoms with Gasteiger partial charge in [0, 0.05) is 11.6 Å². The lowest BCUT2D eigenvalue weighted by Gasteiger charge is -2.60. The van der Waals surface area contributed by atoms with E-state index in [1.54, 1.807) is 0 Å². The molecule has 3 nitrogen and oxygen atoms in total.